The van der Waals surface area contributed by atoms with Gasteiger partial charge in [-0.3, -0.25) is 4.90 Å². The van der Waals surface area contributed by atoms with Crippen LogP contribution >= 0.6 is 0 Å². The molecule has 0 saturated carbocycles. The minimum atomic E-state index is -1.55. The number of aliphatic hydroxyl groups excluding tert-OH is 1. The van der Waals surface area contributed by atoms with Crippen molar-refractivity contribution in [3.8, 4) is 5.75 Å². The average Bonchev–Trinajstić information content (AvgIpc) is 3.25. The number of aliphatic hydroxyl groups is 1. The van der Waals surface area contributed by atoms with E-state index in [1.165, 1.54) is 26.0 Å². The van der Waals surface area contributed by atoms with Crippen LogP contribution in [0.3, 0.4) is 0 Å². The molecule has 0 fully saturated rings. The van der Waals surface area contributed by atoms with Crippen LogP contribution in [0.2, 0.25) is 0 Å². The number of ether oxygens (including phenoxy) is 2. The minimum Gasteiger partial charge on any atom is -0.493 e. The number of rotatable bonds is 14. The molecule has 4 rings (SSSR count). The summed E-state index contributed by atoms with van der Waals surface area (Å²) in [5.41, 5.74) is 2.59. The maximum Gasteiger partial charge on any atom is 0.329 e. The first kappa shape index (κ1) is 31.1. The van der Waals surface area contributed by atoms with Gasteiger partial charge in [0.25, 0.3) is 0 Å². The fraction of sp³-hybridized carbons (Fsp3) is 0.531. The summed E-state index contributed by atoms with van der Waals surface area (Å²) in [6.07, 6.45) is 2.50. The summed E-state index contributed by atoms with van der Waals surface area (Å²) in [5.74, 6) is -2.44. The molecule has 2 N–H and O–H groups in total. The first-order valence-corrected chi connectivity index (χ1v) is 14.3. The predicted octanol–water partition coefficient (Wildman–Crippen LogP) is 6.26. The Morgan fingerprint density at radius 2 is 1.78 bits per heavy atom. The molecule has 0 amide bonds. The molecule has 2 aromatic rings. The summed E-state index contributed by atoms with van der Waals surface area (Å²) in [5, 5.41) is 18.7. The molecule has 0 saturated heterocycles. The molecule has 0 spiro atoms. The lowest BCUT2D eigenvalue weighted by molar-refractivity contribution is -0.142. The third kappa shape index (κ3) is 7.90. The van der Waals surface area contributed by atoms with E-state index >= 15 is 8.78 Å². The van der Waals surface area contributed by atoms with Crippen LogP contribution in [0.15, 0.2) is 42.0 Å². The highest BCUT2D eigenvalue weighted by Gasteiger charge is 2.43. The van der Waals surface area contributed by atoms with E-state index in [2.05, 4.69) is 0 Å². The van der Waals surface area contributed by atoms with Crippen LogP contribution in [-0.2, 0) is 16.0 Å². The van der Waals surface area contributed by atoms with Gasteiger partial charge in [0.1, 0.15) is 29.7 Å². The van der Waals surface area contributed by atoms with Gasteiger partial charge < -0.3 is 19.7 Å². The second-order valence-corrected chi connectivity index (χ2v) is 11.7. The highest BCUT2D eigenvalue weighted by atomic mass is 19.1. The molecule has 0 bridgehead atoms. The van der Waals surface area contributed by atoms with Gasteiger partial charge in [-0.25, -0.2) is 18.0 Å². The molecule has 2 unspecified atom stereocenters. The van der Waals surface area contributed by atoms with Crippen LogP contribution in [0.1, 0.15) is 75.6 Å². The van der Waals surface area contributed by atoms with E-state index in [-0.39, 0.29) is 43.7 Å². The highest BCUT2D eigenvalue weighted by molar-refractivity contribution is 5.79. The molecule has 1 aliphatic heterocycles. The Kier molecular flexibility index (Phi) is 10.2. The second kappa shape index (κ2) is 13.4. The van der Waals surface area contributed by atoms with Gasteiger partial charge in [0.2, 0.25) is 0 Å². The Bertz CT molecular complexity index is 1240. The third-order valence-corrected chi connectivity index (χ3v) is 7.72. The zero-order valence-corrected chi connectivity index (χ0v) is 24.0. The number of carbonyl (C=O) groups is 1. The lowest BCUT2D eigenvalue weighted by Crippen LogP contribution is -2.47. The van der Waals surface area contributed by atoms with Gasteiger partial charge in [-0.2, -0.15) is 0 Å². The fourth-order valence-corrected chi connectivity index (χ4v) is 5.98. The summed E-state index contributed by atoms with van der Waals surface area (Å²) in [6.45, 7) is 5.03. The Hall–Kier alpha value is -2.88. The van der Waals surface area contributed by atoms with Crippen molar-refractivity contribution in [2.24, 2.45) is 0 Å². The van der Waals surface area contributed by atoms with E-state index in [1.807, 2.05) is 36.1 Å². The number of halogens is 3. The third-order valence-electron chi connectivity index (χ3n) is 7.72. The molecule has 9 heteroatoms. The SMILES string of the molecule is C[C@@H]1CC2=C(Cc3ccccc32)C(c2c(F)cc(OCCCC(O)CCCOCC(=O)O)cc2F)N1CC(C)(C)F. The van der Waals surface area contributed by atoms with Crippen molar-refractivity contribution in [2.45, 2.75) is 83.2 Å². The van der Waals surface area contributed by atoms with Crippen LogP contribution in [0.5, 0.6) is 5.75 Å². The maximum atomic E-state index is 15.8. The number of nitrogens with zero attached hydrogens (tertiary/aromatic N) is 1. The van der Waals surface area contributed by atoms with E-state index < -0.39 is 35.4 Å². The number of aliphatic carboxylic acids is 1. The molecule has 1 heterocycles. The van der Waals surface area contributed by atoms with Gasteiger partial charge in [-0.05, 0) is 81.6 Å². The number of hydrogen-bond donors (Lipinski definition) is 2. The Morgan fingerprint density at radius 1 is 1.12 bits per heavy atom. The molecule has 6 nitrogen and oxygen atoms in total. The minimum absolute atomic E-state index is 0.0388. The lowest BCUT2D eigenvalue weighted by Gasteiger charge is -2.44. The molecule has 2 aliphatic rings. The Morgan fingerprint density at radius 3 is 2.44 bits per heavy atom. The van der Waals surface area contributed by atoms with Crippen molar-refractivity contribution >= 4 is 11.5 Å². The van der Waals surface area contributed by atoms with Gasteiger partial charge in [0, 0.05) is 36.9 Å². The van der Waals surface area contributed by atoms with Crippen LogP contribution in [0.25, 0.3) is 5.57 Å². The number of fused-ring (bicyclic) bond motifs is 2. The number of alkyl halides is 1. The van der Waals surface area contributed by atoms with E-state index in [0.717, 1.165) is 22.3 Å². The van der Waals surface area contributed by atoms with Gasteiger partial charge in [-0.1, -0.05) is 24.3 Å². The normalized spacial score (nSPS) is 19.7. The predicted molar refractivity (Wildman–Crippen MR) is 151 cm³/mol. The van der Waals surface area contributed by atoms with Crippen molar-refractivity contribution in [1.82, 2.24) is 4.90 Å². The molecule has 224 valence electrons. The molecular weight excluding hydrogens is 535 g/mol. The number of hydrogen-bond acceptors (Lipinski definition) is 5. The molecular formula is C32H40F3NO5. The van der Waals surface area contributed by atoms with E-state index in [1.54, 1.807) is 0 Å². The summed E-state index contributed by atoms with van der Waals surface area (Å²) >= 11 is 0. The molecule has 41 heavy (non-hydrogen) atoms. The Labute approximate surface area is 239 Å². The second-order valence-electron chi connectivity index (χ2n) is 11.7. The van der Waals surface area contributed by atoms with E-state index in [0.29, 0.717) is 38.5 Å². The van der Waals surface area contributed by atoms with Crippen LogP contribution < -0.4 is 4.74 Å². The first-order valence-electron chi connectivity index (χ1n) is 14.3. The van der Waals surface area contributed by atoms with Crippen molar-refractivity contribution in [3.05, 3.63) is 70.3 Å². The summed E-state index contributed by atoms with van der Waals surface area (Å²) in [7, 11) is 0. The van der Waals surface area contributed by atoms with Crippen LogP contribution in [0, 0.1) is 11.6 Å². The Balaban J connectivity index is 1.45. The van der Waals surface area contributed by atoms with Gasteiger partial charge in [0.05, 0.1) is 18.8 Å². The number of carboxylic acid groups (broad SMARTS) is 1. The van der Waals surface area contributed by atoms with Crippen molar-refractivity contribution in [1.29, 1.82) is 0 Å². The zero-order chi connectivity index (χ0) is 29.7. The lowest BCUT2D eigenvalue weighted by atomic mass is 9.84. The molecule has 1 aliphatic carbocycles. The smallest absolute Gasteiger partial charge is 0.329 e. The van der Waals surface area contributed by atoms with Crippen molar-refractivity contribution in [2.75, 3.05) is 26.4 Å². The largest absolute Gasteiger partial charge is 0.493 e. The summed E-state index contributed by atoms with van der Waals surface area (Å²) in [4.78, 5) is 12.3. The number of benzene rings is 2. The van der Waals surface area contributed by atoms with Gasteiger partial charge >= 0.3 is 5.97 Å². The molecule has 0 aromatic heterocycles. The van der Waals surface area contributed by atoms with Gasteiger partial charge in [-0.15, -0.1) is 0 Å². The zero-order valence-electron chi connectivity index (χ0n) is 24.0. The number of carboxylic acids is 1. The van der Waals surface area contributed by atoms with E-state index in [9.17, 15) is 14.3 Å². The van der Waals surface area contributed by atoms with Crippen molar-refractivity contribution in [3.63, 3.8) is 0 Å². The fourth-order valence-electron chi connectivity index (χ4n) is 5.98. The molecule has 2 aromatic carbocycles. The average molecular weight is 576 g/mol. The van der Waals surface area contributed by atoms with Crippen molar-refractivity contribution < 1.29 is 37.7 Å². The maximum absolute atomic E-state index is 15.8. The molecule has 3 atom stereocenters. The summed E-state index contributed by atoms with van der Waals surface area (Å²) in [6, 6.07) is 9.53. The topological polar surface area (TPSA) is 79.2 Å². The molecule has 0 radical (unpaired) electrons. The van der Waals surface area contributed by atoms with Gasteiger partial charge in [0.15, 0.2) is 0 Å². The monoisotopic (exact) mass is 575 g/mol. The highest BCUT2D eigenvalue weighted by Crippen LogP contribution is 2.50. The quantitative estimate of drug-likeness (QED) is 0.259. The first-order chi connectivity index (χ1) is 19.4. The standard InChI is InChI=1S/C32H40F3NO5/c1-20-14-25-24-11-5-4-8-21(24)15-26(25)31(36(20)19-32(2,3)35)30-27(33)16-23(17-28(30)34)41-13-7-10-22(37)9-6-12-40-18-29(38)39/h4-5,8,11,16-17,20,22,31,37H,6-7,9-10,12-15,18-19H2,1-3H3,(H,38,39)/t20-,22?,31?/m1/s1. The van der Waals surface area contributed by atoms with Crippen LogP contribution in [0.4, 0.5) is 13.2 Å². The van der Waals surface area contributed by atoms with E-state index in [4.69, 9.17) is 14.6 Å². The summed E-state index contributed by atoms with van der Waals surface area (Å²) < 4.78 is 57.0. The van der Waals surface area contributed by atoms with Crippen LogP contribution in [-0.4, -0.2) is 65.3 Å².